The SMILES string of the molecule is CC1CC2CCC1(C(=O)Cl)N2C(=O)OCc1ccccc1. The lowest BCUT2D eigenvalue weighted by atomic mass is 9.80. The normalized spacial score (nSPS) is 30.5. The zero-order chi connectivity index (χ0) is 15.0. The van der Waals surface area contributed by atoms with Crippen LogP contribution in [0.15, 0.2) is 30.3 Å². The van der Waals surface area contributed by atoms with E-state index < -0.39 is 16.9 Å². The molecule has 0 N–H and O–H groups in total. The molecule has 3 unspecified atom stereocenters. The van der Waals surface area contributed by atoms with Crippen LogP contribution in [0.5, 0.6) is 0 Å². The van der Waals surface area contributed by atoms with E-state index in [1.807, 2.05) is 37.3 Å². The van der Waals surface area contributed by atoms with Crippen LogP contribution in [-0.4, -0.2) is 27.8 Å². The van der Waals surface area contributed by atoms with Crippen molar-refractivity contribution >= 4 is 22.9 Å². The zero-order valence-corrected chi connectivity index (χ0v) is 12.7. The molecule has 2 heterocycles. The molecule has 2 bridgehead atoms. The van der Waals surface area contributed by atoms with Gasteiger partial charge in [0.05, 0.1) is 0 Å². The van der Waals surface area contributed by atoms with Gasteiger partial charge in [0.1, 0.15) is 12.1 Å². The Morgan fingerprint density at radius 2 is 2.10 bits per heavy atom. The summed E-state index contributed by atoms with van der Waals surface area (Å²) in [5.74, 6) is 0.0884. The van der Waals surface area contributed by atoms with E-state index in [-0.39, 0.29) is 18.6 Å². The van der Waals surface area contributed by atoms with Gasteiger partial charge in [-0.1, -0.05) is 37.3 Å². The molecule has 4 nitrogen and oxygen atoms in total. The lowest BCUT2D eigenvalue weighted by Crippen LogP contribution is -2.52. The summed E-state index contributed by atoms with van der Waals surface area (Å²) in [6.07, 6.45) is 1.85. The summed E-state index contributed by atoms with van der Waals surface area (Å²) in [6.45, 7) is 2.20. The molecule has 0 saturated carbocycles. The summed E-state index contributed by atoms with van der Waals surface area (Å²) in [5, 5.41) is -0.438. The molecule has 1 amide bonds. The maximum atomic E-state index is 12.4. The van der Waals surface area contributed by atoms with E-state index in [0.29, 0.717) is 6.42 Å². The maximum absolute atomic E-state index is 12.4. The first-order chi connectivity index (χ1) is 10.1. The minimum Gasteiger partial charge on any atom is -0.445 e. The van der Waals surface area contributed by atoms with Gasteiger partial charge in [0, 0.05) is 6.04 Å². The third kappa shape index (κ3) is 2.22. The second-order valence-corrected chi connectivity index (χ2v) is 6.28. The maximum Gasteiger partial charge on any atom is 0.411 e. The molecule has 3 atom stereocenters. The van der Waals surface area contributed by atoms with Gasteiger partial charge in [-0.2, -0.15) is 0 Å². The Hall–Kier alpha value is -1.55. The zero-order valence-electron chi connectivity index (χ0n) is 11.9. The fourth-order valence-corrected chi connectivity index (χ4v) is 4.13. The number of amides is 1. The van der Waals surface area contributed by atoms with Gasteiger partial charge in [-0.15, -0.1) is 0 Å². The summed E-state index contributed by atoms with van der Waals surface area (Å²) >= 11 is 5.83. The smallest absolute Gasteiger partial charge is 0.411 e. The molecule has 3 rings (SSSR count). The van der Waals surface area contributed by atoms with Crippen molar-refractivity contribution in [2.75, 3.05) is 0 Å². The number of carbonyl (C=O) groups is 2. The average molecular weight is 308 g/mol. The molecule has 2 saturated heterocycles. The number of carbonyl (C=O) groups excluding carboxylic acids is 2. The molecule has 21 heavy (non-hydrogen) atoms. The Morgan fingerprint density at radius 1 is 1.38 bits per heavy atom. The van der Waals surface area contributed by atoms with E-state index in [2.05, 4.69) is 0 Å². The van der Waals surface area contributed by atoms with E-state index in [9.17, 15) is 9.59 Å². The number of benzene rings is 1. The lowest BCUT2D eigenvalue weighted by Gasteiger charge is -2.33. The molecule has 1 aromatic rings. The van der Waals surface area contributed by atoms with Crippen molar-refractivity contribution in [1.82, 2.24) is 4.90 Å². The monoisotopic (exact) mass is 307 g/mol. The van der Waals surface area contributed by atoms with Crippen LogP contribution in [-0.2, 0) is 16.1 Å². The number of hydrogen-bond acceptors (Lipinski definition) is 3. The summed E-state index contributed by atoms with van der Waals surface area (Å²) in [6, 6.07) is 9.58. The van der Waals surface area contributed by atoms with Crippen molar-refractivity contribution in [1.29, 1.82) is 0 Å². The minimum absolute atomic E-state index is 0.0750. The minimum atomic E-state index is -0.861. The van der Waals surface area contributed by atoms with Crippen LogP contribution in [0.1, 0.15) is 31.7 Å². The van der Waals surface area contributed by atoms with Gasteiger partial charge in [-0.05, 0) is 42.3 Å². The topological polar surface area (TPSA) is 46.6 Å². The average Bonchev–Trinajstić information content (AvgIpc) is 2.99. The fourth-order valence-electron chi connectivity index (χ4n) is 3.76. The first-order valence-corrected chi connectivity index (χ1v) is 7.63. The Kier molecular flexibility index (Phi) is 3.66. The molecule has 0 radical (unpaired) electrons. The number of hydrogen-bond donors (Lipinski definition) is 0. The van der Waals surface area contributed by atoms with Gasteiger partial charge in [0.2, 0.25) is 5.24 Å². The molecule has 0 aliphatic carbocycles. The van der Waals surface area contributed by atoms with Crippen LogP contribution >= 0.6 is 11.6 Å². The number of ether oxygens (including phenoxy) is 1. The highest BCUT2D eigenvalue weighted by Gasteiger charge is 2.62. The summed E-state index contributed by atoms with van der Waals surface area (Å²) < 4.78 is 5.39. The van der Waals surface area contributed by atoms with Gasteiger partial charge < -0.3 is 4.74 Å². The fraction of sp³-hybridized carbons (Fsp3) is 0.500. The Morgan fingerprint density at radius 3 is 2.71 bits per heavy atom. The highest BCUT2D eigenvalue weighted by molar-refractivity contribution is 6.65. The van der Waals surface area contributed by atoms with Gasteiger partial charge in [-0.25, -0.2) is 4.79 Å². The van der Waals surface area contributed by atoms with Gasteiger partial charge in [0.25, 0.3) is 0 Å². The number of fused-ring (bicyclic) bond motifs is 2. The van der Waals surface area contributed by atoms with Crippen molar-refractivity contribution in [3.05, 3.63) is 35.9 Å². The van der Waals surface area contributed by atoms with Crippen molar-refractivity contribution in [2.45, 2.75) is 44.4 Å². The Bertz CT molecular complexity index is 562. The van der Waals surface area contributed by atoms with Gasteiger partial charge in [-0.3, -0.25) is 9.69 Å². The predicted molar refractivity (Wildman–Crippen MR) is 78.9 cm³/mol. The summed E-state index contributed by atoms with van der Waals surface area (Å²) in [7, 11) is 0. The molecule has 1 aromatic carbocycles. The Balaban J connectivity index is 1.74. The van der Waals surface area contributed by atoms with Crippen LogP contribution in [0.25, 0.3) is 0 Å². The first-order valence-electron chi connectivity index (χ1n) is 7.25. The van der Waals surface area contributed by atoms with Gasteiger partial charge >= 0.3 is 6.09 Å². The highest BCUT2D eigenvalue weighted by atomic mass is 35.5. The van der Waals surface area contributed by atoms with Crippen molar-refractivity contribution < 1.29 is 14.3 Å². The van der Waals surface area contributed by atoms with Crippen molar-refractivity contribution in [3.63, 3.8) is 0 Å². The number of nitrogens with zero attached hydrogens (tertiary/aromatic N) is 1. The standard InChI is InChI=1S/C16H18ClNO3/c1-11-9-13-7-8-16(11,14(17)19)18(13)15(20)21-10-12-5-3-2-4-6-12/h2-6,11,13H,7-10H2,1H3. The van der Waals surface area contributed by atoms with E-state index in [1.165, 1.54) is 0 Å². The first kappa shape index (κ1) is 14.4. The number of rotatable bonds is 3. The molecular weight excluding hydrogens is 290 g/mol. The molecule has 2 fully saturated rings. The predicted octanol–water partition coefficient (Wildman–Crippen LogP) is 3.33. The lowest BCUT2D eigenvalue weighted by molar-refractivity contribution is -0.121. The van der Waals surface area contributed by atoms with Crippen molar-refractivity contribution in [3.8, 4) is 0 Å². The van der Waals surface area contributed by atoms with Gasteiger partial charge in [0.15, 0.2) is 0 Å². The van der Waals surface area contributed by atoms with Crippen LogP contribution in [0.4, 0.5) is 4.79 Å². The molecule has 2 aliphatic rings. The number of halogens is 1. The van der Waals surface area contributed by atoms with Crippen LogP contribution < -0.4 is 0 Å². The highest BCUT2D eigenvalue weighted by Crippen LogP contribution is 2.51. The molecule has 2 aliphatic heterocycles. The Labute approximate surface area is 129 Å². The second-order valence-electron chi connectivity index (χ2n) is 5.94. The van der Waals surface area contributed by atoms with E-state index >= 15 is 0 Å². The van der Waals surface area contributed by atoms with Crippen molar-refractivity contribution in [2.24, 2.45) is 5.92 Å². The molecule has 5 heteroatoms. The molecular formula is C16H18ClNO3. The quantitative estimate of drug-likeness (QED) is 0.805. The molecule has 0 aromatic heterocycles. The third-order valence-corrected chi connectivity index (χ3v) is 5.16. The second kappa shape index (κ2) is 5.34. The summed E-state index contributed by atoms with van der Waals surface area (Å²) in [5.41, 5.74) is 0.0664. The van der Waals surface area contributed by atoms with Crippen LogP contribution in [0, 0.1) is 5.92 Å². The molecule has 112 valence electrons. The largest absolute Gasteiger partial charge is 0.445 e. The van der Waals surface area contributed by atoms with Crippen LogP contribution in [0.2, 0.25) is 0 Å². The third-order valence-electron chi connectivity index (χ3n) is 4.84. The molecule has 0 spiro atoms. The van der Waals surface area contributed by atoms with E-state index in [0.717, 1.165) is 18.4 Å². The van der Waals surface area contributed by atoms with E-state index in [4.69, 9.17) is 16.3 Å². The van der Waals surface area contributed by atoms with E-state index in [1.54, 1.807) is 4.90 Å². The summed E-state index contributed by atoms with van der Waals surface area (Å²) in [4.78, 5) is 26.0. The van der Waals surface area contributed by atoms with Crippen LogP contribution in [0.3, 0.4) is 0 Å².